The summed E-state index contributed by atoms with van der Waals surface area (Å²) in [7, 11) is 0. The summed E-state index contributed by atoms with van der Waals surface area (Å²) >= 11 is 0. The molecule has 0 amide bonds. The van der Waals surface area contributed by atoms with E-state index in [9.17, 15) is 0 Å². The van der Waals surface area contributed by atoms with Crippen LogP contribution >= 0.6 is 0 Å². The summed E-state index contributed by atoms with van der Waals surface area (Å²) in [4.78, 5) is 0. The summed E-state index contributed by atoms with van der Waals surface area (Å²) in [5, 5.41) is 2.66. The molecule has 0 saturated carbocycles. The summed E-state index contributed by atoms with van der Waals surface area (Å²) in [6.45, 7) is 4.65. The molecule has 20 heavy (non-hydrogen) atoms. The molecule has 0 heteroatoms. The predicted octanol–water partition coefficient (Wildman–Crippen LogP) is 5.78. The van der Waals surface area contributed by atoms with Crippen LogP contribution in [0.15, 0.2) is 60.7 Å². The number of rotatable bonds is 0. The van der Waals surface area contributed by atoms with Crippen LogP contribution in [-0.4, -0.2) is 0 Å². The van der Waals surface area contributed by atoms with Gasteiger partial charge in [0.2, 0.25) is 0 Å². The van der Waals surface area contributed by atoms with Crippen molar-refractivity contribution in [3.63, 3.8) is 0 Å². The van der Waals surface area contributed by atoms with Crippen molar-refractivity contribution >= 4 is 10.8 Å². The minimum Gasteiger partial charge on any atom is -0.0776 e. The summed E-state index contributed by atoms with van der Waals surface area (Å²) in [5.41, 5.74) is 5.80. The van der Waals surface area contributed by atoms with Crippen LogP contribution in [0.3, 0.4) is 0 Å². The molecule has 0 aliphatic heterocycles. The second kappa shape index (κ2) is 4.21. The standard InChI is InChI=1S/C19H16.CH4/c1-19(2)17-10-6-5-9-15(17)16-11-13-7-3-4-8-14(13)12-18(16)19;/h3-12H,1-2H3;1H4. The second-order valence-corrected chi connectivity index (χ2v) is 5.92. The molecule has 0 bridgehead atoms. The van der Waals surface area contributed by atoms with Gasteiger partial charge >= 0.3 is 0 Å². The molecule has 0 saturated heterocycles. The van der Waals surface area contributed by atoms with Crippen molar-refractivity contribution < 1.29 is 0 Å². The molecule has 3 aromatic carbocycles. The fourth-order valence-electron chi connectivity index (χ4n) is 3.39. The Bertz CT molecular complexity index is 794. The van der Waals surface area contributed by atoms with E-state index >= 15 is 0 Å². The van der Waals surface area contributed by atoms with E-state index in [2.05, 4.69) is 74.5 Å². The fraction of sp³-hybridized carbons (Fsp3) is 0.200. The normalized spacial score (nSPS) is 14.5. The lowest BCUT2D eigenvalue weighted by molar-refractivity contribution is 0.661. The van der Waals surface area contributed by atoms with Crippen LogP contribution < -0.4 is 0 Å². The third kappa shape index (κ3) is 1.54. The van der Waals surface area contributed by atoms with Crippen LogP contribution in [0, 0.1) is 0 Å². The van der Waals surface area contributed by atoms with E-state index in [1.807, 2.05) is 0 Å². The van der Waals surface area contributed by atoms with Crippen molar-refractivity contribution in [2.45, 2.75) is 26.7 Å². The maximum Gasteiger partial charge on any atom is 0.0159 e. The molecule has 1 aliphatic rings. The molecule has 3 aromatic rings. The third-order valence-electron chi connectivity index (χ3n) is 4.45. The minimum absolute atomic E-state index is 0. The Morgan fingerprint density at radius 1 is 0.650 bits per heavy atom. The maximum absolute atomic E-state index is 2.37. The smallest absolute Gasteiger partial charge is 0.0159 e. The monoisotopic (exact) mass is 260 g/mol. The van der Waals surface area contributed by atoms with E-state index in [1.165, 1.54) is 33.0 Å². The highest BCUT2D eigenvalue weighted by Gasteiger charge is 2.35. The van der Waals surface area contributed by atoms with E-state index in [-0.39, 0.29) is 12.8 Å². The van der Waals surface area contributed by atoms with Crippen molar-refractivity contribution in [1.29, 1.82) is 0 Å². The first kappa shape index (κ1) is 12.9. The van der Waals surface area contributed by atoms with Crippen LogP contribution in [-0.2, 0) is 5.41 Å². The van der Waals surface area contributed by atoms with Crippen molar-refractivity contribution in [3.8, 4) is 11.1 Å². The van der Waals surface area contributed by atoms with E-state index < -0.39 is 0 Å². The summed E-state index contributed by atoms with van der Waals surface area (Å²) in [5.74, 6) is 0. The SMILES string of the molecule is C.CC1(C)c2ccccc2-c2cc3ccccc3cc21. The average Bonchev–Trinajstić information content (AvgIpc) is 2.66. The van der Waals surface area contributed by atoms with Gasteiger partial charge in [-0.2, -0.15) is 0 Å². The van der Waals surface area contributed by atoms with Gasteiger partial charge in [-0.3, -0.25) is 0 Å². The van der Waals surface area contributed by atoms with Gasteiger partial charge in [-0.25, -0.2) is 0 Å². The zero-order valence-electron chi connectivity index (χ0n) is 11.3. The molecule has 1 aliphatic carbocycles. The van der Waals surface area contributed by atoms with Gasteiger partial charge in [-0.15, -0.1) is 0 Å². The summed E-state index contributed by atoms with van der Waals surface area (Å²) in [6.07, 6.45) is 0. The van der Waals surface area contributed by atoms with E-state index in [1.54, 1.807) is 0 Å². The first-order valence-electron chi connectivity index (χ1n) is 6.81. The Hall–Kier alpha value is -2.08. The number of hydrogen-bond acceptors (Lipinski definition) is 0. The molecule has 0 unspecified atom stereocenters. The first-order chi connectivity index (χ1) is 9.18. The van der Waals surface area contributed by atoms with Gasteiger partial charge in [0.05, 0.1) is 0 Å². The molecule has 100 valence electrons. The first-order valence-corrected chi connectivity index (χ1v) is 6.81. The molecule has 0 nitrogen and oxygen atoms in total. The van der Waals surface area contributed by atoms with Gasteiger partial charge in [0.1, 0.15) is 0 Å². The minimum atomic E-state index is 0. The largest absolute Gasteiger partial charge is 0.0776 e. The molecule has 0 heterocycles. The predicted molar refractivity (Wildman–Crippen MR) is 88.2 cm³/mol. The van der Waals surface area contributed by atoms with E-state index in [0.29, 0.717) is 0 Å². The third-order valence-corrected chi connectivity index (χ3v) is 4.45. The van der Waals surface area contributed by atoms with E-state index in [4.69, 9.17) is 0 Å². The molecule has 0 radical (unpaired) electrons. The number of benzene rings is 3. The average molecular weight is 260 g/mol. The van der Waals surface area contributed by atoms with Crippen LogP contribution in [0.2, 0.25) is 0 Å². The topological polar surface area (TPSA) is 0 Å². The highest BCUT2D eigenvalue weighted by Crippen LogP contribution is 2.49. The molecule has 4 rings (SSSR count). The fourth-order valence-corrected chi connectivity index (χ4v) is 3.39. The molecule has 0 atom stereocenters. The zero-order chi connectivity index (χ0) is 13.0. The summed E-state index contributed by atoms with van der Waals surface area (Å²) < 4.78 is 0. The lowest BCUT2D eigenvalue weighted by Gasteiger charge is -2.21. The number of hydrogen-bond donors (Lipinski definition) is 0. The van der Waals surface area contributed by atoms with Crippen molar-refractivity contribution in [1.82, 2.24) is 0 Å². The molecule has 0 N–H and O–H groups in total. The molecule has 0 spiro atoms. The highest BCUT2D eigenvalue weighted by atomic mass is 14.4. The van der Waals surface area contributed by atoms with Crippen molar-refractivity contribution in [3.05, 3.63) is 71.8 Å². The summed E-state index contributed by atoms with van der Waals surface area (Å²) in [6, 6.07) is 22.1. The lowest BCUT2D eigenvalue weighted by Crippen LogP contribution is -2.14. The van der Waals surface area contributed by atoms with Gasteiger partial charge < -0.3 is 0 Å². The Morgan fingerprint density at radius 2 is 1.25 bits per heavy atom. The second-order valence-electron chi connectivity index (χ2n) is 5.92. The van der Waals surface area contributed by atoms with Gasteiger partial charge in [0.15, 0.2) is 0 Å². The van der Waals surface area contributed by atoms with Crippen molar-refractivity contribution in [2.75, 3.05) is 0 Å². The highest BCUT2D eigenvalue weighted by molar-refractivity contribution is 5.93. The van der Waals surface area contributed by atoms with Crippen molar-refractivity contribution in [2.24, 2.45) is 0 Å². The molecular formula is C20H20. The Kier molecular flexibility index (Phi) is 2.72. The van der Waals surface area contributed by atoms with Crippen LogP contribution in [0.1, 0.15) is 32.4 Å². The maximum atomic E-state index is 2.37. The van der Waals surface area contributed by atoms with Crippen LogP contribution in [0.5, 0.6) is 0 Å². The quantitative estimate of drug-likeness (QED) is 0.480. The van der Waals surface area contributed by atoms with Crippen LogP contribution in [0.4, 0.5) is 0 Å². The van der Waals surface area contributed by atoms with Gasteiger partial charge in [0.25, 0.3) is 0 Å². The van der Waals surface area contributed by atoms with Gasteiger partial charge in [0, 0.05) is 5.41 Å². The number of fused-ring (bicyclic) bond motifs is 4. The van der Waals surface area contributed by atoms with E-state index in [0.717, 1.165) is 0 Å². The van der Waals surface area contributed by atoms with Crippen LogP contribution in [0.25, 0.3) is 21.9 Å². The van der Waals surface area contributed by atoms with Gasteiger partial charge in [-0.05, 0) is 45.2 Å². The Balaban J connectivity index is 0.00000121. The lowest BCUT2D eigenvalue weighted by atomic mass is 9.82. The molecular weight excluding hydrogens is 240 g/mol. The molecule has 0 fully saturated rings. The zero-order valence-corrected chi connectivity index (χ0v) is 11.3. The molecule has 0 aromatic heterocycles. The Labute approximate surface area is 121 Å². The Morgan fingerprint density at radius 3 is 2.00 bits per heavy atom. The van der Waals surface area contributed by atoms with Gasteiger partial charge in [-0.1, -0.05) is 69.8 Å².